The van der Waals surface area contributed by atoms with Crippen LogP contribution in [-0.4, -0.2) is 35.0 Å². The zero-order valence-corrected chi connectivity index (χ0v) is 9.29. The largest absolute Gasteiger partial charge is 0.480 e. The fourth-order valence-electron chi connectivity index (χ4n) is 1.21. The van der Waals surface area contributed by atoms with Gasteiger partial charge in [-0.2, -0.15) is 0 Å². The van der Waals surface area contributed by atoms with E-state index in [1.165, 1.54) is 16.2 Å². The summed E-state index contributed by atoms with van der Waals surface area (Å²) in [5, 5.41) is 10.5. The lowest BCUT2D eigenvalue weighted by atomic mass is 10.3. The van der Waals surface area contributed by atoms with E-state index in [9.17, 15) is 9.59 Å². The maximum Gasteiger partial charge on any atom is 0.323 e. The minimum absolute atomic E-state index is 0.137. The molecule has 15 heavy (non-hydrogen) atoms. The van der Waals surface area contributed by atoms with Crippen molar-refractivity contribution in [3.63, 3.8) is 0 Å². The number of carboxylic acid groups (broad SMARTS) is 1. The summed E-state index contributed by atoms with van der Waals surface area (Å²) < 4.78 is 0. The SMILES string of the molecule is CCN(CC(=O)O)C(=O)Cc1cccs1. The molecule has 0 saturated carbocycles. The molecule has 0 atom stereocenters. The van der Waals surface area contributed by atoms with Gasteiger partial charge in [-0.3, -0.25) is 9.59 Å². The van der Waals surface area contributed by atoms with Gasteiger partial charge in [0.15, 0.2) is 0 Å². The summed E-state index contributed by atoms with van der Waals surface area (Å²) in [5.74, 6) is -1.11. The molecule has 0 bridgehead atoms. The molecule has 0 aliphatic heterocycles. The molecule has 0 aliphatic carbocycles. The van der Waals surface area contributed by atoms with Crippen molar-refractivity contribution in [2.24, 2.45) is 0 Å². The highest BCUT2D eigenvalue weighted by Gasteiger charge is 2.15. The Kier molecular flexibility index (Phi) is 4.30. The Labute approximate surface area is 92.1 Å². The summed E-state index contributed by atoms with van der Waals surface area (Å²) in [4.78, 5) is 24.4. The van der Waals surface area contributed by atoms with Crippen LogP contribution in [0.2, 0.25) is 0 Å². The van der Waals surface area contributed by atoms with Gasteiger partial charge in [-0.15, -0.1) is 11.3 Å². The number of aliphatic carboxylic acids is 1. The Morgan fingerprint density at radius 1 is 1.53 bits per heavy atom. The summed E-state index contributed by atoms with van der Waals surface area (Å²) in [6.45, 7) is 1.98. The number of hydrogen-bond acceptors (Lipinski definition) is 3. The summed E-state index contributed by atoms with van der Waals surface area (Å²) in [6.07, 6.45) is 0.290. The Bertz CT molecular complexity index is 334. The fraction of sp³-hybridized carbons (Fsp3) is 0.400. The monoisotopic (exact) mass is 227 g/mol. The van der Waals surface area contributed by atoms with Gasteiger partial charge in [0.25, 0.3) is 0 Å². The molecule has 0 radical (unpaired) electrons. The number of thiophene rings is 1. The smallest absolute Gasteiger partial charge is 0.323 e. The minimum atomic E-state index is -0.976. The molecular formula is C10H13NO3S. The van der Waals surface area contributed by atoms with Crippen LogP contribution in [0.3, 0.4) is 0 Å². The summed E-state index contributed by atoms with van der Waals surface area (Å²) in [7, 11) is 0. The first-order valence-electron chi connectivity index (χ1n) is 4.65. The first-order chi connectivity index (χ1) is 7.13. The molecule has 0 unspecified atom stereocenters. The first kappa shape index (κ1) is 11.7. The highest BCUT2D eigenvalue weighted by atomic mass is 32.1. The van der Waals surface area contributed by atoms with Crippen molar-refractivity contribution >= 4 is 23.2 Å². The summed E-state index contributed by atoms with van der Waals surface area (Å²) in [6, 6.07) is 3.75. The average molecular weight is 227 g/mol. The van der Waals surface area contributed by atoms with Gasteiger partial charge in [0, 0.05) is 11.4 Å². The van der Waals surface area contributed by atoms with Crippen LogP contribution in [0.5, 0.6) is 0 Å². The van der Waals surface area contributed by atoms with E-state index in [4.69, 9.17) is 5.11 Å². The molecule has 5 heteroatoms. The van der Waals surface area contributed by atoms with Gasteiger partial charge in [-0.1, -0.05) is 6.07 Å². The van der Waals surface area contributed by atoms with E-state index in [0.717, 1.165) is 4.88 Å². The van der Waals surface area contributed by atoms with Gasteiger partial charge in [0.05, 0.1) is 6.42 Å². The summed E-state index contributed by atoms with van der Waals surface area (Å²) in [5.41, 5.74) is 0. The molecular weight excluding hydrogens is 214 g/mol. The van der Waals surface area contributed by atoms with Crippen molar-refractivity contribution in [1.82, 2.24) is 4.90 Å². The molecule has 0 fully saturated rings. The Morgan fingerprint density at radius 2 is 2.27 bits per heavy atom. The molecule has 0 spiro atoms. The molecule has 1 aromatic rings. The maximum absolute atomic E-state index is 11.6. The van der Waals surface area contributed by atoms with Crippen LogP contribution < -0.4 is 0 Å². The lowest BCUT2D eigenvalue weighted by Crippen LogP contribution is -2.36. The van der Waals surface area contributed by atoms with Crippen molar-refractivity contribution in [2.75, 3.05) is 13.1 Å². The van der Waals surface area contributed by atoms with Gasteiger partial charge < -0.3 is 10.0 Å². The number of likely N-dealkylation sites (N-methyl/N-ethyl adjacent to an activating group) is 1. The Morgan fingerprint density at radius 3 is 2.73 bits per heavy atom. The molecule has 0 aliphatic rings. The van der Waals surface area contributed by atoms with Crippen molar-refractivity contribution < 1.29 is 14.7 Å². The van der Waals surface area contributed by atoms with E-state index >= 15 is 0 Å². The van der Waals surface area contributed by atoms with Crippen molar-refractivity contribution in [1.29, 1.82) is 0 Å². The highest BCUT2D eigenvalue weighted by molar-refractivity contribution is 7.10. The normalized spacial score (nSPS) is 9.93. The van der Waals surface area contributed by atoms with E-state index in [0.29, 0.717) is 13.0 Å². The van der Waals surface area contributed by atoms with Gasteiger partial charge in [0.2, 0.25) is 5.91 Å². The maximum atomic E-state index is 11.6. The minimum Gasteiger partial charge on any atom is -0.480 e. The second-order valence-corrected chi connectivity index (χ2v) is 4.09. The number of nitrogens with zero attached hydrogens (tertiary/aromatic N) is 1. The Balaban J connectivity index is 2.54. The molecule has 1 N–H and O–H groups in total. The van der Waals surface area contributed by atoms with Crippen molar-refractivity contribution in [3.8, 4) is 0 Å². The lowest BCUT2D eigenvalue weighted by molar-refractivity contribution is -0.144. The van der Waals surface area contributed by atoms with Crippen LogP contribution in [0.15, 0.2) is 17.5 Å². The molecule has 1 aromatic heterocycles. The number of carboxylic acids is 1. The van der Waals surface area contributed by atoms with Crippen molar-refractivity contribution in [3.05, 3.63) is 22.4 Å². The molecule has 1 heterocycles. The fourth-order valence-corrected chi connectivity index (χ4v) is 1.91. The van der Waals surface area contributed by atoms with Crippen molar-refractivity contribution in [2.45, 2.75) is 13.3 Å². The van der Waals surface area contributed by atoms with E-state index in [2.05, 4.69) is 0 Å². The average Bonchev–Trinajstić information content (AvgIpc) is 2.66. The topological polar surface area (TPSA) is 57.6 Å². The first-order valence-corrected chi connectivity index (χ1v) is 5.53. The van der Waals surface area contributed by atoms with E-state index in [-0.39, 0.29) is 12.5 Å². The predicted molar refractivity (Wildman–Crippen MR) is 57.9 cm³/mol. The van der Waals surface area contributed by atoms with E-state index in [1.807, 2.05) is 17.5 Å². The lowest BCUT2D eigenvalue weighted by Gasteiger charge is -2.17. The van der Waals surface area contributed by atoms with Gasteiger partial charge in [0.1, 0.15) is 6.54 Å². The molecule has 0 saturated heterocycles. The molecule has 82 valence electrons. The van der Waals surface area contributed by atoms with Crippen LogP contribution in [0, 0.1) is 0 Å². The third kappa shape index (κ3) is 3.71. The van der Waals surface area contributed by atoms with Gasteiger partial charge in [-0.05, 0) is 18.4 Å². The van der Waals surface area contributed by atoms with Gasteiger partial charge in [-0.25, -0.2) is 0 Å². The molecule has 1 rings (SSSR count). The number of hydrogen-bond donors (Lipinski definition) is 1. The van der Waals surface area contributed by atoms with Crippen LogP contribution in [-0.2, 0) is 16.0 Å². The predicted octanol–water partition coefficient (Wildman–Crippen LogP) is 1.22. The highest BCUT2D eigenvalue weighted by Crippen LogP contribution is 2.10. The van der Waals surface area contributed by atoms with Crippen LogP contribution in [0.1, 0.15) is 11.8 Å². The number of carbonyl (C=O) groups is 2. The Hall–Kier alpha value is -1.36. The number of carbonyl (C=O) groups excluding carboxylic acids is 1. The second-order valence-electron chi connectivity index (χ2n) is 3.06. The number of amides is 1. The zero-order valence-electron chi connectivity index (χ0n) is 8.47. The molecule has 0 aromatic carbocycles. The zero-order chi connectivity index (χ0) is 11.3. The van der Waals surface area contributed by atoms with Crippen LogP contribution in [0.4, 0.5) is 0 Å². The second kappa shape index (κ2) is 5.50. The molecule has 1 amide bonds. The third-order valence-corrected chi connectivity index (χ3v) is 2.84. The van der Waals surface area contributed by atoms with Crippen LogP contribution in [0.25, 0.3) is 0 Å². The molecule has 4 nitrogen and oxygen atoms in total. The van der Waals surface area contributed by atoms with Gasteiger partial charge >= 0.3 is 5.97 Å². The van der Waals surface area contributed by atoms with E-state index in [1.54, 1.807) is 6.92 Å². The summed E-state index contributed by atoms with van der Waals surface area (Å²) >= 11 is 1.50. The number of rotatable bonds is 5. The van der Waals surface area contributed by atoms with E-state index < -0.39 is 5.97 Å². The third-order valence-electron chi connectivity index (χ3n) is 1.97. The standard InChI is InChI=1S/C10H13NO3S/c1-2-11(7-10(13)14)9(12)6-8-4-3-5-15-8/h3-5H,2,6-7H2,1H3,(H,13,14). The quantitative estimate of drug-likeness (QED) is 0.823. The van der Waals surface area contributed by atoms with Crippen LogP contribution >= 0.6 is 11.3 Å².